The Kier molecular flexibility index (Phi) is 5.21. The zero-order valence-corrected chi connectivity index (χ0v) is 12.7. The lowest BCUT2D eigenvalue weighted by Crippen LogP contribution is -2.30. The summed E-state index contributed by atoms with van der Waals surface area (Å²) in [4.78, 5) is 2.13. The Hall–Kier alpha value is -1.02. The fraction of sp³-hybridized carbons (Fsp3) is 0.625. The van der Waals surface area contributed by atoms with Crippen LogP contribution in [0, 0.1) is 5.41 Å². The van der Waals surface area contributed by atoms with Gasteiger partial charge in [0, 0.05) is 32.4 Å². The first-order chi connectivity index (χ1) is 8.35. The Bertz CT molecular complexity index is 352. The molecule has 0 aliphatic carbocycles. The van der Waals surface area contributed by atoms with Crippen LogP contribution in [0.1, 0.15) is 45.7 Å². The van der Waals surface area contributed by atoms with E-state index < -0.39 is 0 Å². The molecule has 1 unspecified atom stereocenters. The summed E-state index contributed by atoms with van der Waals surface area (Å²) in [7, 11) is 4.14. The van der Waals surface area contributed by atoms with Crippen molar-refractivity contribution in [2.75, 3.05) is 25.5 Å². The number of hydrogen-bond donors (Lipinski definition) is 1. The molecule has 0 heterocycles. The van der Waals surface area contributed by atoms with Crippen LogP contribution in [0.3, 0.4) is 0 Å². The zero-order chi connectivity index (χ0) is 13.8. The van der Waals surface area contributed by atoms with Gasteiger partial charge in [0.1, 0.15) is 0 Å². The molecule has 2 nitrogen and oxygen atoms in total. The van der Waals surface area contributed by atoms with Gasteiger partial charge in [-0.25, -0.2) is 0 Å². The van der Waals surface area contributed by atoms with Crippen LogP contribution >= 0.6 is 0 Å². The molecular formula is C16H28N2. The minimum atomic E-state index is 0.373. The molecule has 102 valence electrons. The molecule has 0 bridgehead atoms. The average molecular weight is 248 g/mol. The number of benzene rings is 1. The number of nitrogens with one attached hydrogen (secondary N) is 1. The molecule has 0 spiro atoms. The van der Waals surface area contributed by atoms with Gasteiger partial charge in [0.05, 0.1) is 0 Å². The summed E-state index contributed by atoms with van der Waals surface area (Å²) in [5, 5.41) is 3.63. The third-order valence-corrected chi connectivity index (χ3v) is 3.75. The van der Waals surface area contributed by atoms with Crippen LogP contribution < -0.4 is 10.2 Å². The minimum absolute atomic E-state index is 0.373. The van der Waals surface area contributed by atoms with E-state index in [9.17, 15) is 0 Å². The van der Waals surface area contributed by atoms with Crippen LogP contribution in [-0.2, 0) is 0 Å². The van der Waals surface area contributed by atoms with Crippen LogP contribution in [0.5, 0.6) is 0 Å². The van der Waals surface area contributed by atoms with Crippen LogP contribution in [0.2, 0.25) is 0 Å². The smallest absolute Gasteiger partial charge is 0.0361 e. The summed E-state index contributed by atoms with van der Waals surface area (Å²) in [6.07, 6.45) is 1.20. The van der Waals surface area contributed by atoms with E-state index in [0.29, 0.717) is 11.5 Å². The summed E-state index contributed by atoms with van der Waals surface area (Å²) in [6.45, 7) is 10.2. The highest BCUT2D eigenvalue weighted by Crippen LogP contribution is 2.21. The van der Waals surface area contributed by atoms with Gasteiger partial charge in [-0.2, -0.15) is 0 Å². The van der Waals surface area contributed by atoms with Crippen molar-refractivity contribution < 1.29 is 0 Å². The van der Waals surface area contributed by atoms with Gasteiger partial charge in [-0.05, 0) is 36.5 Å². The van der Waals surface area contributed by atoms with Crippen molar-refractivity contribution >= 4 is 5.69 Å². The Morgan fingerprint density at radius 2 is 1.72 bits per heavy atom. The van der Waals surface area contributed by atoms with Crippen LogP contribution in [0.15, 0.2) is 24.3 Å². The molecule has 18 heavy (non-hydrogen) atoms. The van der Waals surface area contributed by atoms with Gasteiger partial charge in [0.25, 0.3) is 0 Å². The number of nitrogens with zero attached hydrogens (tertiary/aromatic N) is 1. The lowest BCUT2D eigenvalue weighted by atomic mass is 9.90. The number of anilines is 1. The van der Waals surface area contributed by atoms with Gasteiger partial charge in [0.15, 0.2) is 0 Å². The monoisotopic (exact) mass is 248 g/mol. The molecule has 1 aromatic carbocycles. The van der Waals surface area contributed by atoms with E-state index in [2.05, 4.69) is 76.3 Å². The fourth-order valence-corrected chi connectivity index (χ4v) is 1.73. The van der Waals surface area contributed by atoms with E-state index in [0.717, 1.165) is 6.54 Å². The van der Waals surface area contributed by atoms with Crippen molar-refractivity contribution in [1.29, 1.82) is 0 Å². The molecule has 1 N–H and O–H groups in total. The molecule has 0 radical (unpaired) electrons. The second-order valence-corrected chi connectivity index (χ2v) is 6.11. The Balaban J connectivity index is 2.59. The third kappa shape index (κ3) is 4.34. The zero-order valence-electron chi connectivity index (χ0n) is 12.7. The van der Waals surface area contributed by atoms with Crippen molar-refractivity contribution in [2.24, 2.45) is 5.41 Å². The third-order valence-electron chi connectivity index (χ3n) is 3.75. The van der Waals surface area contributed by atoms with Gasteiger partial charge in [-0.15, -0.1) is 0 Å². The molecule has 0 saturated heterocycles. The summed E-state index contributed by atoms with van der Waals surface area (Å²) < 4.78 is 0. The number of hydrogen-bond acceptors (Lipinski definition) is 2. The van der Waals surface area contributed by atoms with E-state index in [1.54, 1.807) is 0 Å². The average Bonchev–Trinajstić information content (AvgIpc) is 2.36. The first-order valence-corrected chi connectivity index (χ1v) is 6.86. The second kappa shape index (κ2) is 6.24. The molecule has 1 atom stereocenters. The molecule has 0 saturated carbocycles. The summed E-state index contributed by atoms with van der Waals surface area (Å²) in [5.74, 6) is 0. The predicted octanol–water partition coefficient (Wildman–Crippen LogP) is 3.84. The Morgan fingerprint density at radius 3 is 2.17 bits per heavy atom. The molecule has 0 fully saturated rings. The van der Waals surface area contributed by atoms with Crippen molar-refractivity contribution in [2.45, 2.75) is 40.2 Å². The standard InChI is InChI=1S/C16H28N2/c1-7-16(3,4)12-17-13(2)14-8-10-15(11-9-14)18(5)6/h8-11,13,17H,7,12H2,1-6H3. The maximum atomic E-state index is 3.63. The van der Waals surface area contributed by atoms with Gasteiger partial charge in [-0.1, -0.05) is 32.9 Å². The molecule has 0 aromatic heterocycles. The van der Waals surface area contributed by atoms with Gasteiger partial charge in [-0.3, -0.25) is 0 Å². The first kappa shape index (κ1) is 15.0. The highest BCUT2D eigenvalue weighted by molar-refractivity contribution is 5.46. The van der Waals surface area contributed by atoms with Crippen LogP contribution in [0.25, 0.3) is 0 Å². The van der Waals surface area contributed by atoms with E-state index >= 15 is 0 Å². The molecule has 0 amide bonds. The van der Waals surface area contributed by atoms with Gasteiger partial charge >= 0.3 is 0 Å². The van der Waals surface area contributed by atoms with Crippen LogP contribution in [0.4, 0.5) is 5.69 Å². The highest BCUT2D eigenvalue weighted by Gasteiger charge is 2.16. The van der Waals surface area contributed by atoms with Gasteiger partial charge < -0.3 is 10.2 Å². The SMILES string of the molecule is CCC(C)(C)CNC(C)c1ccc(N(C)C)cc1. The largest absolute Gasteiger partial charge is 0.378 e. The molecule has 2 heteroatoms. The van der Waals surface area contributed by atoms with E-state index in [4.69, 9.17) is 0 Å². The Labute approximate surface area is 112 Å². The quantitative estimate of drug-likeness (QED) is 0.823. The first-order valence-electron chi connectivity index (χ1n) is 6.86. The Morgan fingerprint density at radius 1 is 1.17 bits per heavy atom. The lowest BCUT2D eigenvalue weighted by molar-refractivity contribution is 0.314. The minimum Gasteiger partial charge on any atom is -0.378 e. The summed E-state index contributed by atoms with van der Waals surface area (Å²) >= 11 is 0. The lowest BCUT2D eigenvalue weighted by Gasteiger charge is -2.26. The van der Waals surface area contributed by atoms with Crippen molar-refractivity contribution in [3.05, 3.63) is 29.8 Å². The fourth-order valence-electron chi connectivity index (χ4n) is 1.73. The number of rotatable bonds is 6. The van der Waals surface area contributed by atoms with Crippen molar-refractivity contribution in [1.82, 2.24) is 5.32 Å². The van der Waals surface area contributed by atoms with Crippen LogP contribution in [-0.4, -0.2) is 20.6 Å². The maximum Gasteiger partial charge on any atom is 0.0361 e. The highest BCUT2D eigenvalue weighted by atomic mass is 15.1. The molecule has 0 aliphatic heterocycles. The molecular weight excluding hydrogens is 220 g/mol. The molecule has 1 aromatic rings. The van der Waals surface area contributed by atoms with Crippen molar-refractivity contribution in [3.8, 4) is 0 Å². The normalized spacial score (nSPS) is 13.4. The van der Waals surface area contributed by atoms with E-state index in [1.165, 1.54) is 17.7 Å². The molecule has 0 aliphatic rings. The topological polar surface area (TPSA) is 15.3 Å². The van der Waals surface area contributed by atoms with E-state index in [1.807, 2.05) is 0 Å². The summed E-state index contributed by atoms with van der Waals surface area (Å²) in [6, 6.07) is 9.20. The predicted molar refractivity (Wildman–Crippen MR) is 81.3 cm³/mol. The molecule has 1 rings (SSSR count). The van der Waals surface area contributed by atoms with Crippen molar-refractivity contribution in [3.63, 3.8) is 0 Å². The second-order valence-electron chi connectivity index (χ2n) is 6.11. The van der Waals surface area contributed by atoms with E-state index in [-0.39, 0.29) is 0 Å². The summed E-state index contributed by atoms with van der Waals surface area (Å²) in [5.41, 5.74) is 2.98. The maximum absolute atomic E-state index is 3.63. The van der Waals surface area contributed by atoms with Gasteiger partial charge in [0.2, 0.25) is 0 Å².